The molecule has 1 saturated heterocycles. The zero-order valence-corrected chi connectivity index (χ0v) is 18.9. The quantitative estimate of drug-likeness (QED) is 0.312. The topological polar surface area (TPSA) is 42.7 Å². The van der Waals surface area contributed by atoms with E-state index in [2.05, 4.69) is 45.2 Å². The Morgan fingerprint density at radius 3 is 2.43 bits per heavy atom. The Labute approximate surface area is 200 Å². The summed E-state index contributed by atoms with van der Waals surface area (Å²) in [6, 6.07) is 21.9. The Bertz CT molecular complexity index is 1530. The number of imidazole rings is 1. The van der Waals surface area contributed by atoms with Crippen molar-refractivity contribution in [3.05, 3.63) is 84.6 Å². The minimum Gasteiger partial charge on any atom is -0.317 e. The van der Waals surface area contributed by atoms with Crippen LogP contribution in [0.2, 0.25) is 0 Å². The summed E-state index contributed by atoms with van der Waals surface area (Å²) in [6.45, 7) is 1.69. The van der Waals surface area contributed by atoms with Gasteiger partial charge in [-0.1, -0.05) is 48.5 Å². The van der Waals surface area contributed by atoms with Crippen LogP contribution in [0.4, 0.5) is 13.2 Å². The molecule has 2 aromatic heterocycles. The zero-order valence-electron chi connectivity index (χ0n) is 18.9. The number of pyridine rings is 1. The van der Waals surface area contributed by atoms with Gasteiger partial charge in [-0.2, -0.15) is 13.2 Å². The van der Waals surface area contributed by atoms with Crippen LogP contribution in [0, 0.1) is 0 Å². The molecule has 0 bridgehead atoms. The first-order chi connectivity index (χ1) is 17.0. The molecule has 5 aromatic rings. The van der Waals surface area contributed by atoms with E-state index in [1.165, 1.54) is 12.1 Å². The minimum atomic E-state index is -4.42. The predicted molar refractivity (Wildman–Crippen MR) is 132 cm³/mol. The molecule has 1 N–H and O–H groups in total. The van der Waals surface area contributed by atoms with Crippen LogP contribution in [0.3, 0.4) is 0 Å². The van der Waals surface area contributed by atoms with E-state index in [1.807, 2.05) is 18.2 Å². The van der Waals surface area contributed by atoms with Crippen molar-refractivity contribution in [2.45, 2.75) is 25.1 Å². The average molecular weight is 473 g/mol. The second kappa shape index (κ2) is 8.50. The van der Waals surface area contributed by atoms with Gasteiger partial charge in [0, 0.05) is 23.4 Å². The molecule has 0 amide bonds. The number of nitrogens with one attached hydrogen (secondary N) is 1. The van der Waals surface area contributed by atoms with E-state index in [1.54, 1.807) is 12.3 Å². The molecule has 3 heterocycles. The van der Waals surface area contributed by atoms with Gasteiger partial charge in [0.05, 0.1) is 5.56 Å². The summed E-state index contributed by atoms with van der Waals surface area (Å²) in [4.78, 5) is 9.63. The molecule has 7 heteroatoms. The molecule has 1 fully saturated rings. The maximum Gasteiger partial charge on any atom is 0.416 e. The lowest BCUT2D eigenvalue weighted by Crippen LogP contribution is -2.29. The van der Waals surface area contributed by atoms with Gasteiger partial charge in [0.25, 0.3) is 0 Å². The molecule has 4 nitrogen and oxygen atoms in total. The Kier molecular flexibility index (Phi) is 5.29. The third-order valence-corrected chi connectivity index (χ3v) is 6.76. The van der Waals surface area contributed by atoms with E-state index in [0.717, 1.165) is 53.9 Å². The average Bonchev–Trinajstić information content (AvgIpc) is 3.28. The fraction of sp³-hybridized carbons (Fsp3) is 0.214. The Morgan fingerprint density at radius 2 is 1.63 bits per heavy atom. The maximum atomic E-state index is 13.5. The number of fused-ring (bicyclic) bond motifs is 2. The van der Waals surface area contributed by atoms with Crippen molar-refractivity contribution >= 4 is 21.9 Å². The lowest BCUT2D eigenvalue weighted by atomic mass is 10.0. The maximum absolute atomic E-state index is 13.5. The SMILES string of the molecule is FC(F)(F)c1cccc(-c2nc3c(-c4ccc5ccccc5c4)ccnc3n2C2CCNCC2)c1. The van der Waals surface area contributed by atoms with Crippen LogP contribution in [-0.2, 0) is 6.18 Å². The normalized spacial score (nSPS) is 15.2. The van der Waals surface area contributed by atoms with Gasteiger partial charge in [0.15, 0.2) is 5.65 Å². The van der Waals surface area contributed by atoms with Crippen LogP contribution in [0.5, 0.6) is 0 Å². The molecule has 176 valence electrons. The highest BCUT2D eigenvalue weighted by molar-refractivity contribution is 5.95. The van der Waals surface area contributed by atoms with Crippen molar-refractivity contribution in [2.24, 2.45) is 0 Å². The van der Waals surface area contributed by atoms with Crippen LogP contribution in [-0.4, -0.2) is 27.6 Å². The van der Waals surface area contributed by atoms with Crippen molar-refractivity contribution in [2.75, 3.05) is 13.1 Å². The van der Waals surface area contributed by atoms with Gasteiger partial charge < -0.3 is 9.88 Å². The van der Waals surface area contributed by atoms with Gasteiger partial charge in [-0.3, -0.25) is 0 Å². The van der Waals surface area contributed by atoms with Gasteiger partial charge in [0.1, 0.15) is 11.3 Å². The Morgan fingerprint density at radius 1 is 0.829 bits per heavy atom. The van der Waals surface area contributed by atoms with Gasteiger partial charge in [0.2, 0.25) is 0 Å². The number of hydrogen-bond acceptors (Lipinski definition) is 3. The molecule has 0 aliphatic carbocycles. The summed E-state index contributed by atoms with van der Waals surface area (Å²) in [5.74, 6) is 0.527. The lowest BCUT2D eigenvalue weighted by Gasteiger charge is -2.26. The molecule has 0 atom stereocenters. The first-order valence-corrected chi connectivity index (χ1v) is 11.7. The second-order valence-corrected chi connectivity index (χ2v) is 8.96. The summed E-state index contributed by atoms with van der Waals surface area (Å²) >= 11 is 0. The van der Waals surface area contributed by atoms with Crippen LogP contribution in [0.15, 0.2) is 79.0 Å². The molecule has 1 aliphatic rings. The van der Waals surface area contributed by atoms with Gasteiger partial charge in [-0.15, -0.1) is 0 Å². The molecular weight excluding hydrogens is 449 g/mol. The van der Waals surface area contributed by atoms with E-state index in [-0.39, 0.29) is 6.04 Å². The zero-order chi connectivity index (χ0) is 24.0. The van der Waals surface area contributed by atoms with Crippen molar-refractivity contribution in [3.8, 4) is 22.5 Å². The third-order valence-electron chi connectivity index (χ3n) is 6.76. The summed E-state index contributed by atoms with van der Waals surface area (Å²) in [6.07, 6.45) is -0.934. The first kappa shape index (κ1) is 21.8. The highest BCUT2D eigenvalue weighted by Crippen LogP contribution is 2.38. The standard InChI is InChI=1S/C28H23F3N4/c29-28(30,31)22-7-3-6-21(17-22)26-34-25-24(20-9-8-18-4-1-2-5-19(18)16-20)12-15-33-27(25)35(26)23-10-13-32-14-11-23/h1-9,12,15-17,23,32H,10-11,13-14H2. The van der Waals surface area contributed by atoms with Gasteiger partial charge in [-0.25, -0.2) is 9.97 Å². The number of alkyl halides is 3. The van der Waals surface area contributed by atoms with E-state index in [0.29, 0.717) is 22.6 Å². The van der Waals surface area contributed by atoms with Crippen LogP contribution < -0.4 is 5.32 Å². The number of benzene rings is 3. The Hall–Kier alpha value is -3.71. The molecule has 3 aromatic carbocycles. The smallest absolute Gasteiger partial charge is 0.317 e. The molecule has 0 spiro atoms. The van der Waals surface area contributed by atoms with E-state index >= 15 is 0 Å². The van der Waals surface area contributed by atoms with Crippen LogP contribution >= 0.6 is 0 Å². The van der Waals surface area contributed by atoms with Crippen molar-refractivity contribution in [1.29, 1.82) is 0 Å². The predicted octanol–water partition coefficient (Wildman–Crippen LogP) is 6.86. The number of rotatable bonds is 3. The fourth-order valence-electron chi connectivity index (χ4n) is 5.03. The molecule has 0 radical (unpaired) electrons. The van der Waals surface area contributed by atoms with E-state index < -0.39 is 11.7 Å². The largest absolute Gasteiger partial charge is 0.416 e. The summed E-state index contributed by atoms with van der Waals surface area (Å²) in [5.41, 5.74) is 3.09. The highest BCUT2D eigenvalue weighted by atomic mass is 19.4. The van der Waals surface area contributed by atoms with E-state index in [9.17, 15) is 13.2 Å². The Balaban J connectivity index is 1.58. The monoisotopic (exact) mass is 472 g/mol. The van der Waals surface area contributed by atoms with Crippen molar-refractivity contribution in [3.63, 3.8) is 0 Å². The number of aromatic nitrogens is 3. The summed E-state index contributed by atoms with van der Waals surface area (Å²) in [7, 11) is 0. The van der Waals surface area contributed by atoms with Gasteiger partial charge in [-0.05, 0) is 66.5 Å². The summed E-state index contributed by atoms with van der Waals surface area (Å²) in [5, 5.41) is 5.63. The van der Waals surface area contributed by atoms with Crippen LogP contribution in [0.1, 0.15) is 24.4 Å². The first-order valence-electron chi connectivity index (χ1n) is 11.7. The fourth-order valence-corrected chi connectivity index (χ4v) is 5.03. The third kappa shape index (κ3) is 3.96. The van der Waals surface area contributed by atoms with Crippen molar-refractivity contribution in [1.82, 2.24) is 19.9 Å². The summed E-state index contributed by atoms with van der Waals surface area (Å²) < 4.78 is 42.6. The number of piperidine rings is 1. The van der Waals surface area contributed by atoms with Crippen molar-refractivity contribution < 1.29 is 13.2 Å². The highest BCUT2D eigenvalue weighted by Gasteiger charge is 2.31. The molecule has 35 heavy (non-hydrogen) atoms. The number of hydrogen-bond donors (Lipinski definition) is 1. The van der Waals surface area contributed by atoms with Crippen LogP contribution in [0.25, 0.3) is 44.5 Å². The number of nitrogens with zero attached hydrogens (tertiary/aromatic N) is 3. The van der Waals surface area contributed by atoms with E-state index in [4.69, 9.17) is 4.98 Å². The molecule has 1 aliphatic heterocycles. The minimum absolute atomic E-state index is 0.102. The van der Waals surface area contributed by atoms with Gasteiger partial charge >= 0.3 is 6.18 Å². The lowest BCUT2D eigenvalue weighted by molar-refractivity contribution is -0.137. The molecule has 0 unspecified atom stereocenters. The molecule has 6 rings (SSSR count). The number of halogens is 3. The second-order valence-electron chi connectivity index (χ2n) is 8.96. The molecular formula is C28H23F3N4. The molecule has 0 saturated carbocycles.